The van der Waals surface area contributed by atoms with E-state index in [0.717, 1.165) is 18.6 Å². The molecule has 8 nitrogen and oxygen atoms in total. The van der Waals surface area contributed by atoms with E-state index >= 15 is 0 Å². The predicted molar refractivity (Wildman–Crippen MR) is 111 cm³/mol. The van der Waals surface area contributed by atoms with Crippen molar-refractivity contribution in [3.8, 4) is 5.75 Å². The van der Waals surface area contributed by atoms with Crippen molar-refractivity contribution in [2.24, 2.45) is 0 Å². The number of sulfonamides is 1. The number of amides is 1. The van der Waals surface area contributed by atoms with Crippen LogP contribution in [0.3, 0.4) is 0 Å². The lowest BCUT2D eigenvalue weighted by atomic mass is 10.1. The van der Waals surface area contributed by atoms with Crippen LogP contribution in [-0.4, -0.2) is 51.9 Å². The molecule has 1 aliphatic rings. The molecular formula is C21H23FN2O6S. The Morgan fingerprint density at radius 3 is 2.39 bits per heavy atom. The van der Waals surface area contributed by atoms with Crippen LogP contribution in [0.1, 0.15) is 40.0 Å². The summed E-state index contributed by atoms with van der Waals surface area (Å²) in [6.45, 7) is 0.624. The molecule has 0 bridgehead atoms. The standard InChI is InChI=1S/C21H23FN2O6S/c1-29-15-7-9-18(16(13-15)21(26)30-2)23-20(25)14-6-8-17(22)19(12-14)31(27,28)24-10-4-3-5-11-24/h6-9,12-13H,3-5,10-11H2,1-2H3,(H,23,25). The van der Waals surface area contributed by atoms with E-state index in [9.17, 15) is 22.4 Å². The average molecular weight is 450 g/mol. The molecule has 1 saturated heterocycles. The molecule has 1 fully saturated rings. The molecule has 166 valence electrons. The number of hydrogen-bond donors (Lipinski definition) is 1. The number of methoxy groups -OCH3 is 2. The maximum absolute atomic E-state index is 14.4. The first kappa shape index (κ1) is 22.7. The Morgan fingerprint density at radius 1 is 1.03 bits per heavy atom. The van der Waals surface area contributed by atoms with Gasteiger partial charge in [0.25, 0.3) is 5.91 Å². The van der Waals surface area contributed by atoms with Crippen molar-refractivity contribution in [2.45, 2.75) is 24.2 Å². The molecule has 0 radical (unpaired) electrons. The number of benzene rings is 2. The highest BCUT2D eigenvalue weighted by Crippen LogP contribution is 2.26. The topological polar surface area (TPSA) is 102 Å². The molecule has 0 aliphatic carbocycles. The highest BCUT2D eigenvalue weighted by molar-refractivity contribution is 7.89. The van der Waals surface area contributed by atoms with Crippen LogP contribution in [0, 0.1) is 5.82 Å². The average Bonchev–Trinajstić information content (AvgIpc) is 2.79. The Balaban J connectivity index is 1.92. The fourth-order valence-electron chi connectivity index (χ4n) is 3.32. The molecule has 3 rings (SSSR count). The van der Waals surface area contributed by atoms with Crippen LogP contribution in [0.5, 0.6) is 5.75 Å². The van der Waals surface area contributed by atoms with E-state index in [4.69, 9.17) is 9.47 Å². The number of carbonyl (C=O) groups is 2. The van der Waals surface area contributed by atoms with E-state index in [1.165, 1.54) is 36.7 Å². The zero-order valence-electron chi connectivity index (χ0n) is 17.2. The Hall–Kier alpha value is -2.98. The molecule has 2 aromatic rings. The quantitative estimate of drug-likeness (QED) is 0.679. The van der Waals surface area contributed by atoms with E-state index in [-0.39, 0.29) is 16.8 Å². The molecule has 31 heavy (non-hydrogen) atoms. The summed E-state index contributed by atoms with van der Waals surface area (Å²) in [7, 11) is -1.44. The molecule has 1 heterocycles. The second-order valence-corrected chi connectivity index (χ2v) is 8.87. The van der Waals surface area contributed by atoms with Crippen molar-refractivity contribution in [2.75, 3.05) is 32.6 Å². The van der Waals surface area contributed by atoms with Crippen LogP contribution in [0.2, 0.25) is 0 Å². The minimum Gasteiger partial charge on any atom is -0.497 e. The van der Waals surface area contributed by atoms with Crippen molar-refractivity contribution in [1.29, 1.82) is 0 Å². The monoisotopic (exact) mass is 450 g/mol. The van der Waals surface area contributed by atoms with Crippen LogP contribution < -0.4 is 10.1 Å². The van der Waals surface area contributed by atoms with Gasteiger partial charge in [0.15, 0.2) is 0 Å². The molecule has 0 aromatic heterocycles. The maximum Gasteiger partial charge on any atom is 0.340 e. The molecule has 1 amide bonds. The van der Waals surface area contributed by atoms with E-state index in [1.54, 1.807) is 6.07 Å². The van der Waals surface area contributed by atoms with Gasteiger partial charge in [-0.25, -0.2) is 17.6 Å². The summed E-state index contributed by atoms with van der Waals surface area (Å²) < 4.78 is 51.2. The Bertz CT molecular complexity index is 1100. The number of halogens is 1. The molecular weight excluding hydrogens is 427 g/mol. The van der Waals surface area contributed by atoms with Crippen LogP contribution in [0.15, 0.2) is 41.3 Å². The Kier molecular flexibility index (Phi) is 6.91. The summed E-state index contributed by atoms with van der Waals surface area (Å²) in [5.41, 5.74) is 0.129. The summed E-state index contributed by atoms with van der Waals surface area (Å²) in [5.74, 6) is -1.94. The lowest BCUT2D eigenvalue weighted by Crippen LogP contribution is -2.36. The summed E-state index contributed by atoms with van der Waals surface area (Å²) >= 11 is 0. The molecule has 0 unspecified atom stereocenters. The van der Waals surface area contributed by atoms with Gasteiger partial charge < -0.3 is 14.8 Å². The van der Waals surface area contributed by atoms with E-state index < -0.39 is 32.6 Å². The van der Waals surface area contributed by atoms with Crippen molar-refractivity contribution < 1.29 is 31.9 Å². The van der Waals surface area contributed by atoms with Gasteiger partial charge in [-0.15, -0.1) is 0 Å². The summed E-state index contributed by atoms with van der Waals surface area (Å²) in [5, 5.41) is 2.54. The predicted octanol–water partition coefficient (Wildman–Crippen LogP) is 3.05. The molecule has 2 aromatic carbocycles. The number of piperidine rings is 1. The largest absolute Gasteiger partial charge is 0.497 e. The van der Waals surface area contributed by atoms with Crippen LogP contribution in [-0.2, 0) is 14.8 Å². The summed E-state index contributed by atoms with van der Waals surface area (Å²) in [4.78, 5) is 24.3. The van der Waals surface area contributed by atoms with Crippen molar-refractivity contribution in [1.82, 2.24) is 4.31 Å². The number of hydrogen-bond acceptors (Lipinski definition) is 6. The van der Waals surface area contributed by atoms with Crippen LogP contribution in [0.25, 0.3) is 0 Å². The number of ether oxygens (including phenoxy) is 2. The number of anilines is 1. The lowest BCUT2D eigenvalue weighted by molar-refractivity contribution is 0.0601. The zero-order valence-corrected chi connectivity index (χ0v) is 18.0. The fraction of sp³-hybridized carbons (Fsp3) is 0.333. The van der Waals surface area contributed by atoms with Crippen molar-refractivity contribution in [3.05, 3.63) is 53.3 Å². The highest BCUT2D eigenvalue weighted by atomic mass is 32.2. The van der Waals surface area contributed by atoms with Crippen LogP contribution in [0.4, 0.5) is 10.1 Å². The van der Waals surface area contributed by atoms with Gasteiger partial charge in [0, 0.05) is 18.7 Å². The van der Waals surface area contributed by atoms with E-state index in [1.807, 2.05) is 0 Å². The van der Waals surface area contributed by atoms with Gasteiger partial charge in [0.1, 0.15) is 16.5 Å². The van der Waals surface area contributed by atoms with Gasteiger partial charge in [-0.2, -0.15) is 4.31 Å². The highest BCUT2D eigenvalue weighted by Gasteiger charge is 2.29. The van der Waals surface area contributed by atoms with Gasteiger partial charge in [-0.3, -0.25) is 4.79 Å². The third kappa shape index (κ3) is 4.86. The molecule has 1 aliphatic heterocycles. The van der Waals surface area contributed by atoms with Gasteiger partial charge in [-0.1, -0.05) is 6.42 Å². The number of nitrogens with one attached hydrogen (secondary N) is 1. The normalized spacial score (nSPS) is 14.7. The zero-order chi connectivity index (χ0) is 22.6. The third-order valence-corrected chi connectivity index (χ3v) is 6.92. The third-order valence-electron chi connectivity index (χ3n) is 5.01. The van der Waals surface area contributed by atoms with Crippen molar-refractivity contribution >= 4 is 27.6 Å². The van der Waals surface area contributed by atoms with Gasteiger partial charge >= 0.3 is 5.97 Å². The smallest absolute Gasteiger partial charge is 0.340 e. The van der Waals surface area contributed by atoms with Crippen LogP contribution >= 0.6 is 0 Å². The Morgan fingerprint density at radius 2 is 1.74 bits per heavy atom. The summed E-state index contributed by atoms with van der Waals surface area (Å²) in [6, 6.07) is 7.54. The number of esters is 1. The van der Waals surface area contributed by atoms with Crippen molar-refractivity contribution in [3.63, 3.8) is 0 Å². The molecule has 0 atom stereocenters. The number of carbonyl (C=O) groups excluding carboxylic acids is 2. The lowest BCUT2D eigenvalue weighted by Gasteiger charge is -2.26. The van der Waals surface area contributed by atoms with E-state index in [0.29, 0.717) is 31.7 Å². The number of nitrogens with zero attached hydrogens (tertiary/aromatic N) is 1. The number of rotatable bonds is 6. The summed E-state index contributed by atoms with van der Waals surface area (Å²) in [6.07, 6.45) is 2.32. The fourth-order valence-corrected chi connectivity index (χ4v) is 4.93. The molecule has 0 saturated carbocycles. The first-order valence-electron chi connectivity index (χ1n) is 9.65. The molecule has 0 spiro atoms. The molecule has 10 heteroatoms. The first-order chi connectivity index (χ1) is 14.8. The van der Waals surface area contributed by atoms with Gasteiger partial charge in [-0.05, 0) is 49.2 Å². The second kappa shape index (κ2) is 9.44. The Labute approximate surface area is 180 Å². The second-order valence-electron chi connectivity index (χ2n) is 6.97. The van der Waals surface area contributed by atoms with Gasteiger partial charge in [0.05, 0.1) is 25.5 Å². The first-order valence-corrected chi connectivity index (χ1v) is 11.1. The van der Waals surface area contributed by atoms with Gasteiger partial charge in [0.2, 0.25) is 10.0 Å². The van der Waals surface area contributed by atoms with E-state index in [2.05, 4.69) is 5.32 Å². The minimum absolute atomic E-state index is 0.0541. The SMILES string of the molecule is COC(=O)c1cc(OC)ccc1NC(=O)c1ccc(F)c(S(=O)(=O)N2CCCCC2)c1. The molecule has 1 N–H and O–H groups in total. The minimum atomic E-state index is -4.07. The maximum atomic E-state index is 14.4.